The van der Waals surface area contributed by atoms with Gasteiger partial charge in [-0.15, -0.1) is 0 Å². The maximum atomic E-state index is 13.4. The lowest BCUT2D eigenvalue weighted by molar-refractivity contribution is 0.386. The molecule has 0 atom stereocenters. The van der Waals surface area contributed by atoms with E-state index in [2.05, 4.69) is 5.10 Å². The van der Waals surface area contributed by atoms with E-state index in [1.807, 2.05) is 0 Å². The van der Waals surface area contributed by atoms with E-state index in [0.29, 0.717) is 12.4 Å². The molecule has 1 aromatic carbocycles. The molecular weight excluding hydrogens is 209 g/mol. The number of hydrogen-bond donors (Lipinski definition) is 1. The van der Waals surface area contributed by atoms with Crippen LogP contribution in [0, 0.1) is 5.82 Å². The fraction of sp³-hybridized carbons (Fsp3) is 0.182. The minimum Gasteiger partial charge on any atom is -0.494 e. The van der Waals surface area contributed by atoms with Crippen LogP contribution < -0.4 is 10.5 Å². The molecule has 84 valence electrons. The van der Waals surface area contributed by atoms with Gasteiger partial charge in [-0.1, -0.05) is 6.07 Å². The number of benzene rings is 1. The summed E-state index contributed by atoms with van der Waals surface area (Å²) in [5.41, 5.74) is 6.29. The number of halogens is 1. The Balaban J connectivity index is 2.19. The van der Waals surface area contributed by atoms with Gasteiger partial charge in [0, 0.05) is 6.20 Å². The summed E-state index contributed by atoms with van der Waals surface area (Å²) in [4.78, 5) is 0. The second-order valence-electron chi connectivity index (χ2n) is 3.41. The highest BCUT2D eigenvalue weighted by molar-refractivity contribution is 5.30. The lowest BCUT2D eigenvalue weighted by Gasteiger charge is -2.05. The fourth-order valence-electron chi connectivity index (χ4n) is 1.46. The normalized spacial score (nSPS) is 10.4. The van der Waals surface area contributed by atoms with Gasteiger partial charge < -0.3 is 10.5 Å². The largest absolute Gasteiger partial charge is 0.494 e. The number of nitrogens with zero attached hydrogens (tertiary/aromatic N) is 2. The summed E-state index contributed by atoms with van der Waals surface area (Å²) < 4.78 is 19.9. The van der Waals surface area contributed by atoms with E-state index in [4.69, 9.17) is 10.5 Å². The van der Waals surface area contributed by atoms with E-state index in [1.165, 1.54) is 13.2 Å². The molecule has 1 aromatic heterocycles. The molecule has 2 rings (SSSR count). The van der Waals surface area contributed by atoms with E-state index in [9.17, 15) is 4.39 Å². The van der Waals surface area contributed by atoms with Crippen LogP contribution in [0.15, 0.2) is 30.5 Å². The molecule has 0 aliphatic rings. The van der Waals surface area contributed by atoms with E-state index < -0.39 is 0 Å². The van der Waals surface area contributed by atoms with Gasteiger partial charge in [0.05, 0.1) is 13.7 Å². The van der Waals surface area contributed by atoms with Gasteiger partial charge in [0.1, 0.15) is 5.82 Å². The molecule has 0 radical (unpaired) electrons. The molecule has 0 spiro atoms. The zero-order chi connectivity index (χ0) is 11.5. The van der Waals surface area contributed by atoms with Crippen LogP contribution >= 0.6 is 0 Å². The number of rotatable bonds is 3. The first-order valence-electron chi connectivity index (χ1n) is 4.80. The van der Waals surface area contributed by atoms with Gasteiger partial charge in [-0.05, 0) is 23.8 Å². The van der Waals surface area contributed by atoms with Crippen molar-refractivity contribution >= 4 is 5.82 Å². The van der Waals surface area contributed by atoms with E-state index in [0.717, 1.165) is 5.56 Å². The average molecular weight is 221 g/mol. The Kier molecular flexibility index (Phi) is 2.76. The van der Waals surface area contributed by atoms with Crippen molar-refractivity contribution in [1.82, 2.24) is 9.78 Å². The summed E-state index contributed by atoms with van der Waals surface area (Å²) in [5.74, 6) is 0.317. The molecule has 5 heteroatoms. The van der Waals surface area contributed by atoms with Crippen LogP contribution in [-0.4, -0.2) is 16.9 Å². The number of anilines is 1. The van der Waals surface area contributed by atoms with Gasteiger partial charge >= 0.3 is 0 Å². The lowest BCUT2D eigenvalue weighted by atomic mass is 10.2. The minimum atomic E-state index is -0.375. The first-order valence-corrected chi connectivity index (χ1v) is 4.80. The van der Waals surface area contributed by atoms with Gasteiger partial charge in [0.2, 0.25) is 0 Å². The van der Waals surface area contributed by atoms with Gasteiger partial charge in [0.25, 0.3) is 0 Å². The highest BCUT2D eigenvalue weighted by atomic mass is 19.1. The third kappa shape index (κ3) is 2.13. The maximum Gasteiger partial charge on any atom is 0.165 e. The standard InChI is InChI=1S/C11H12FN3O/c1-16-10-3-2-8(6-9(10)12)7-15-5-4-11(13)14-15/h2-6H,7H2,1H3,(H2,13,14). The molecule has 0 saturated carbocycles. The van der Waals surface area contributed by atoms with Crippen LogP contribution in [0.2, 0.25) is 0 Å². The van der Waals surface area contributed by atoms with Gasteiger partial charge in [0.15, 0.2) is 11.6 Å². The Morgan fingerprint density at radius 2 is 2.25 bits per heavy atom. The van der Waals surface area contributed by atoms with Crippen LogP contribution in [0.5, 0.6) is 5.75 Å². The maximum absolute atomic E-state index is 13.4. The average Bonchev–Trinajstić information content (AvgIpc) is 2.64. The zero-order valence-electron chi connectivity index (χ0n) is 8.85. The summed E-state index contributed by atoms with van der Waals surface area (Å²) >= 11 is 0. The Labute approximate surface area is 92.4 Å². The molecule has 0 fully saturated rings. The molecule has 0 bridgehead atoms. The predicted octanol–water partition coefficient (Wildman–Crippen LogP) is 1.66. The second kappa shape index (κ2) is 4.22. The van der Waals surface area contributed by atoms with Crippen LogP contribution in [-0.2, 0) is 6.54 Å². The molecule has 0 amide bonds. The van der Waals surface area contributed by atoms with Crippen molar-refractivity contribution in [3.8, 4) is 5.75 Å². The Hall–Kier alpha value is -2.04. The Bertz CT molecular complexity index is 496. The summed E-state index contributed by atoms with van der Waals surface area (Å²) in [6.07, 6.45) is 1.75. The van der Waals surface area contributed by atoms with Crippen molar-refractivity contribution in [2.45, 2.75) is 6.54 Å². The van der Waals surface area contributed by atoms with Crippen molar-refractivity contribution in [2.24, 2.45) is 0 Å². The zero-order valence-corrected chi connectivity index (χ0v) is 8.85. The number of nitrogens with two attached hydrogens (primary N) is 1. The fourth-order valence-corrected chi connectivity index (χ4v) is 1.46. The summed E-state index contributed by atoms with van der Waals surface area (Å²) in [7, 11) is 1.44. The van der Waals surface area contributed by atoms with Gasteiger partial charge in [-0.3, -0.25) is 4.68 Å². The smallest absolute Gasteiger partial charge is 0.165 e. The Morgan fingerprint density at radius 3 is 2.81 bits per heavy atom. The minimum absolute atomic E-state index is 0.240. The van der Waals surface area contributed by atoms with Gasteiger partial charge in [-0.25, -0.2) is 4.39 Å². The molecule has 0 aliphatic heterocycles. The monoisotopic (exact) mass is 221 g/mol. The first kappa shape index (κ1) is 10.5. The highest BCUT2D eigenvalue weighted by Crippen LogP contribution is 2.18. The SMILES string of the molecule is COc1ccc(Cn2ccc(N)n2)cc1F. The molecule has 2 aromatic rings. The van der Waals surface area contributed by atoms with E-state index in [1.54, 1.807) is 29.1 Å². The van der Waals surface area contributed by atoms with Crippen molar-refractivity contribution < 1.29 is 9.13 Å². The number of ether oxygens (including phenoxy) is 1. The van der Waals surface area contributed by atoms with E-state index in [-0.39, 0.29) is 11.6 Å². The molecule has 0 aliphatic carbocycles. The second-order valence-corrected chi connectivity index (χ2v) is 3.41. The molecule has 16 heavy (non-hydrogen) atoms. The lowest BCUT2D eigenvalue weighted by Crippen LogP contribution is -2.02. The van der Waals surface area contributed by atoms with Crippen LogP contribution in [0.1, 0.15) is 5.56 Å². The number of methoxy groups -OCH3 is 1. The Morgan fingerprint density at radius 1 is 1.44 bits per heavy atom. The third-order valence-electron chi connectivity index (χ3n) is 2.22. The van der Waals surface area contributed by atoms with Crippen molar-refractivity contribution in [3.63, 3.8) is 0 Å². The quantitative estimate of drug-likeness (QED) is 0.857. The third-order valence-corrected chi connectivity index (χ3v) is 2.22. The number of hydrogen-bond acceptors (Lipinski definition) is 3. The number of aromatic nitrogens is 2. The molecule has 0 saturated heterocycles. The van der Waals surface area contributed by atoms with Crippen LogP contribution in [0.25, 0.3) is 0 Å². The summed E-state index contributed by atoms with van der Waals surface area (Å²) in [6, 6.07) is 6.51. The molecule has 2 N–H and O–H groups in total. The highest BCUT2D eigenvalue weighted by Gasteiger charge is 2.04. The summed E-state index contributed by atoms with van der Waals surface area (Å²) in [6.45, 7) is 0.484. The topological polar surface area (TPSA) is 53.1 Å². The van der Waals surface area contributed by atoms with Crippen LogP contribution in [0.3, 0.4) is 0 Å². The number of nitrogen functional groups attached to an aromatic ring is 1. The van der Waals surface area contributed by atoms with Crippen molar-refractivity contribution in [1.29, 1.82) is 0 Å². The van der Waals surface area contributed by atoms with Gasteiger partial charge in [-0.2, -0.15) is 5.10 Å². The van der Waals surface area contributed by atoms with E-state index >= 15 is 0 Å². The molecular formula is C11H12FN3O. The predicted molar refractivity (Wildman–Crippen MR) is 58.7 cm³/mol. The molecule has 4 nitrogen and oxygen atoms in total. The van der Waals surface area contributed by atoms with Crippen molar-refractivity contribution in [3.05, 3.63) is 41.8 Å². The van der Waals surface area contributed by atoms with Crippen molar-refractivity contribution in [2.75, 3.05) is 12.8 Å². The first-order chi connectivity index (χ1) is 7.69. The molecule has 0 unspecified atom stereocenters. The molecule has 1 heterocycles. The summed E-state index contributed by atoms with van der Waals surface area (Å²) in [5, 5.41) is 4.02. The van der Waals surface area contributed by atoms with Crippen LogP contribution in [0.4, 0.5) is 10.2 Å².